The molecule has 1 atom stereocenters. The van der Waals surface area contributed by atoms with Crippen LogP contribution >= 0.6 is 0 Å². The molecule has 0 radical (unpaired) electrons. The number of alkyl halides is 2. The maximum atomic E-state index is 14.1. The molecule has 5 aliphatic rings. The Bertz CT molecular complexity index is 2330. The number of piperazine rings is 1. The first kappa shape index (κ1) is 47.2. The first-order chi connectivity index (χ1) is 31.3. The van der Waals surface area contributed by atoms with Crippen molar-refractivity contribution in [1.82, 2.24) is 40.0 Å². The largest absolute Gasteiger partial charge is 0.369 e. The van der Waals surface area contributed by atoms with Gasteiger partial charge in [0.2, 0.25) is 17.7 Å². The molecule has 4 aromatic rings. The van der Waals surface area contributed by atoms with Crippen LogP contribution in [0.2, 0.25) is 0 Å². The zero-order valence-corrected chi connectivity index (χ0v) is 38.0. The normalized spacial score (nSPS) is 19.1. The van der Waals surface area contributed by atoms with Gasteiger partial charge in [-0.1, -0.05) is 19.3 Å². The van der Waals surface area contributed by atoms with Gasteiger partial charge in [0.25, 0.3) is 6.43 Å². The molecular formula is C48H62F2N10O5. The zero-order valence-electron chi connectivity index (χ0n) is 38.0. The number of anilines is 3. The number of hydrogen-bond donors (Lipinski definition) is 2. The Morgan fingerprint density at radius 2 is 1.66 bits per heavy atom. The second kappa shape index (κ2) is 21.5. The van der Waals surface area contributed by atoms with Crippen LogP contribution in [0.25, 0.3) is 11.1 Å². The van der Waals surface area contributed by atoms with Gasteiger partial charge in [0.15, 0.2) is 18.4 Å². The Balaban J connectivity index is 0.000000162. The molecule has 3 amide bonds. The number of benzene rings is 2. The Morgan fingerprint density at radius 1 is 0.908 bits per heavy atom. The van der Waals surface area contributed by atoms with Crippen LogP contribution < -0.4 is 15.1 Å². The van der Waals surface area contributed by atoms with E-state index in [1.54, 1.807) is 48.1 Å². The summed E-state index contributed by atoms with van der Waals surface area (Å²) in [5, 5.41) is 14.1. The zero-order chi connectivity index (χ0) is 46.2. The maximum absolute atomic E-state index is 14.1. The lowest BCUT2D eigenvalue weighted by Gasteiger charge is -2.38. The van der Waals surface area contributed by atoms with Gasteiger partial charge in [-0.2, -0.15) is 10.2 Å². The summed E-state index contributed by atoms with van der Waals surface area (Å²) in [6.45, 7) is 8.80. The van der Waals surface area contributed by atoms with E-state index in [-0.39, 0.29) is 29.3 Å². The van der Waals surface area contributed by atoms with Crippen molar-refractivity contribution in [3.05, 3.63) is 76.2 Å². The number of amides is 3. The second-order valence-electron chi connectivity index (χ2n) is 18.0. The summed E-state index contributed by atoms with van der Waals surface area (Å²) in [6.07, 6.45) is 12.8. The van der Waals surface area contributed by atoms with E-state index in [1.807, 2.05) is 42.1 Å². The number of imide groups is 1. The minimum atomic E-state index is -2.61. The fraction of sp³-hybridized carbons (Fsp3) is 0.521. The smallest absolute Gasteiger partial charge is 0.264 e. The predicted octanol–water partition coefficient (Wildman–Crippen LogP) is 6.10. The van der Waals surface area contributed by atoms with Crippen molar-refractivity contribution in [3.63, 3.8) is 0 Å². The van der Waals surface area contributed by atoms with Gasteiger partial charge in [0.1, 0.15) is 0 Å². The van der Waals surface area contributed by atoms with Crippen LogP contribution in [-0.4, -0.2) is 131 Å². The number of likely N-dealkylation sites (N-methyl/N-ethyl adjacent to an activating group) is 1. The van der Waals surface area contributed by atoms with Crippen LogP contribution in [0.3, 0.4) is 0 Å². The second-order valence-corrected chi connectivity index (χ2v) is 18.0. The summed E-state index contributed by atoms with van der Waals surface area (Å²) >= 11 is 0. The van der Waals surface area contributed by atoms with Crippen LogP contribution in [0, 0.1) is 5.92 Å². The lowest BCUT2D eigenvalue weighted by atomic mass is 9.89. The highest BCUT2D eigenvalue weighted by Crippen LogP contribution is 2.42. The standard InChI is InChI=1S/C22H24F2N6O.C19H26N2O2.C7H12N2O2/c1-13(31)29-7-5-19-18(12-29)22(27-26-19)30-6-3-4-14-8-16(15-10-25-28(2)11-15)17(21(23)24)9-20(14)30;22-14-17-6-7-19(12-18(17)15-23)21-10-8-20(9-11-21)13-16-4-2-1-3-5-16;1-9(2)5-3-4-6(10)8-7(5)11/h8-11,21H,3-7,12H2,1-2H3,(H,26,27);6-7,12,14-16H,1-5,8-11,13H2;5H,3-4H2,1-2H3,(H,8,10,11). The highest BCUT2D eigenvalue weighted by molar-refractivity contribution is 6.00. The van der Waals surface area contributed by atoms with E-state index in [9.17, 15) is 32.8 Å². The average molecular weight is 897 g/mol. The quantitative estimate of drug-likeness (QED) is 0.148. The van der Waals surface area contributed by atoms with E-state index in [2.05, 4.69) is 30.4 Å². The molecule has 1 aliphatic carbocycles. The number of aromatic nitrogens is 4. The predicted molar refractivity (Wildman–Crippen MR) is 245 cm³/mol. The molecule has 17 heteroatoms. The van der Waals surface area contributed by atoms with Gasteiger partial charge in [0.05, 0.1) is 18.8 Å². The molecule has 6 heterocycles. The van der Waals surface area contributed by atoms with Crippen molar-refractivity contribution in [3.8, 4) is 11.1 Å². The highest BCUT2D eigenvalue weighted by atomic mass is 19.3. The number of aromatic amines is 1. The van der Waals surface area contributed by atoms with Crippen LogP contribution in [0.1, 0.15) is 108 Å². The molecule has 348 valence electrons. The first-order valence-corrected chi connectivity index (χ1v) is 22.9. The molecule has 3 fully saturated rings. The van der Waals surface area contributed by atoms with E-state index >= 15 is 0 Å². The van der Waals surface area contributed by atoms with Crippen molar-refractivity contribution in [1.29, 1.82) is 0 Å². The summed E-state index contributed by atoms with van der Waals surface area (Å²) in [7, 11) is 5.44. The molecule has 1 saturated carbocycles. The molecule has 2 N–H and O–H groups in total. The Kier molecular flexibility index (Phi) is 15.6. The lowest BCUT2D eigenvalue weighted by molar-refractivity contribution is -0.136. The molecule has 2 aromatic carbocycles. The van der Waals surface area contributed by atoms with Crippen molar-refractivity contribution in [2.24, 2.45) is 13.0 Å². The first-order valence-electron chi connectivity index (χ1n) is 22.9. The Hall–Kier alpha value is -5.81. The minimum absolute atomic E-state index is 0.00610. The van der Waals surface area contributed by atoms with Gasteiger partial charge in [-0.3, -0.25) is 48.9 Å². The Labute approximate surface area is 379 Å². The monoisotopic (exact) mass is 896 g/mol. The SMILES string of the molecule is CC(=O)N1CCc2[nH]nc(N3CCCc4cc(-c5cnn(C)c5)c(C(F)F)cc43)c2C1.CN(C)C1CCC(=O)NC1=O.O=Cc1ccc(N2CCN(CC3CCCCC3)CC2)cc1C=O. The highest BCUT2D eigenvalue weighted by Gasteiger charge is 2.31. The lowest BCUT2D eigenvalue weighted by Crippen LogP contribution is -2.50. The van der Waals surface area contributed by atoms with E-state index in [4.69, 9.17) is 0 Å². The molecular weight excluding hydrogens is 835 g/mol. The summed E-state index contributed by atoms with van der Waals surface area (Å²) in [4.78, 5) is 66.2. The van der Waals surface area contributed by atoms with Gasteiger partial charge < -0.3 is 14.7 Å². The number of aldehydes is 2. The number of aryl methyl sites for hydroxylation is 2. The molecule has 4 aliphatic heterocycles. The maximum Gasteiger partial charge on any atom is 0.264 e. The number of nitrogens with one attached hydrogen (secondary N) is 2. The fourth-order valence-electron chi connectivity index (χ4n) is 9.70. The van der Waals surface area contributed by atoms with Gasteiger partial charge in [-0.05, 0) is 93.6 Å². The van der Waals surface area contributed by atoms with Crippen LogP contribution in [0.5, 0.6) is 0 Å². The fourth-order valence-corrected chi connectivity index (χ4v) is 9.70. The van der Waals surface area contributed by atoms with Crippen LogP contribution in [0.15, 0.2) is 42.7 Å². The number of carbonyl (C=O) groups excluding carboxylic acids is 5. The molecule has 1 unspecified atom stereocenters. The van der Waals surface area contributed by atoms with Crippen molar-refractivity contribution in [2.75, 3.05) is 69.7 Å². The van der Waals surface area contributed by atoms with Gasteiger partial charge >= 0.3 is 0 Å². The summed E-state index contributed by atoms with van der Waals surface area (Å²) in [5.74, 6) is 1.32. The van der Waals surface area contributed by atoms with Gasteiger partial charge in [0, 0.05) is 124 Å². The third-order valence-electron chi connectivity index (χ3n) is 13.4. The molecule has 2 aromatic heterocycles. The van der Waals surface area contributed by atoms with E-state index in [0.29, 0.717) is 61.2 Å². The number of H-pyrrole nitrogens is 1. The van der Waals surface area contributed by atoms with Crippen molar-refractivity contribution in [2.45, 2.75) is 90.1 Å². The number of piperidine rings is 1. The third kappa shape index (κ3) is 11.4. The molecule has 0 spiro atoms. The van der Waals surface area contributed by atoms with E-state index < -0.39 is 6.43 Å². The third-order valence-corrected chi connectivity index (χ3v) is 13.4. The van der Waals surface area contributed by atoms with Crippen molar-refractivity contribution >= 4 is 47.5 Å². The Morgan fingerprint density at radius 3 is 2.31 bits per heavy atom. The minimum Gasteiger partial charge on any atom is -0.369 e. The molecule has 0 bridgehead atoms. The molecule has 2 saturated heterocycles. The number of carbonyl (C=O) groups is 5. The number of hydrogen-bond acceptors (Lipinski definition) is 11. The number of halogens is 2. The molecule has 65 heavy (non-hydrogen) atoms. The number of rotatable bonds is 9. The molecule has 9 rings (SSSR count). The van der Waals surface area contributed by atoms with Crippen LogP contribution in [0.4, 0.5) is 26.0 Å². The summed E-state index contributed by atoms with van der Waals surface area (Å²) < 4.78 is 29.7. The summed E-state index contributed by atoms with van der Waals surface area (Å²) in [5.41, 5.74) is 6.99. The number of nitrogens with zero attached hydrogens (tertiary/aromatic N) is 8. The van der Waals surface area contributed by atoms with Crippen molar-refractivity contribution < 1.29 is 32.8 Å². The topological polar surface area (TPSA) is 160 Å². The van der Waals surface area contributed by atoms with Gasteiger partial charge in [-0.15, -0.1) is 0 Å². The summed E-state index contributed by atoms with van der Waals surface area (Å²) in [6, 6.07) is 8.89. The molecule has 15 nitrogen and oxygen atoms in total. The number of fused-ring (bicyclic) bond motifs is 2. The van der Waals surface area contributed by atoms with E-state index in [1.165, 1.54) is 38.6 Å². The van der Waals surface area contributed by atoms with Gasteiger partial charge in [-0.25, -0.2) is 8.78 Å². The van der Waals surface area contributed by atoms with Crippen LogP contribution in [-0.2, 0) is 40.8 Å². The van der Waals surface area contributed by atoms with E-state index in [0.717, 1.165) is 91.5 Å². The average Bonchev–Trinajstić information content (AvgIpc) is 3.95.